The molecule has 0 saturated heterocycles. The van der Waals surface area contributed by atoms with Gasteiger partial charge in [-0.05, 0) is 29.8 Å². The molecule has 0 spiro atoms. The molecule has 0 atom stereocenters. The molecule has 0 amide bonds. The zero-order valence-corrected chi connectivity index (χ0v) is 17.6. The third kappa shape index (κ3) is 4.64. The highest BCUT2D eigenvalue weighted by molar-refractivity contribution is 9.10. The van der Waals surface area contributed by atoms with Gasteiger partial charge in [0.2, 0.25) is 5.13 Å². The smallest absolute Gasteiger partial charge is 0.203 e. The summed E-state index contributed by atoms with van der Waals surface area (Å²) in [6.45, 7) is 0.490. The van der Waals surface area contributed by atoms with E-state index in [1.54, 1.807) is 11.0 Å². The average Bonchev–Trinajstić information content (AvgIpc) is 3.38. The quantitative estimate of drug-likeness (QED) is 0.303. The number of halogens is 2. The Morgan fingerprint density at radius 1 is 1.14 bits per heavy atom. The standard InChI is InChI=1S/C19H14BrClN6S/c20-15-5-1-13(2-6-15)17(9-27-12-22-11-23-27)25-26-19-24-18(10-28-19)14-3-7-16(21)8-4-14/h1-8,10-12H,9H2,(H,24,26)/b25-17-. The van der Waals surface area contributed by atoms with Gasteiger partial charge < -0.3 is 0 Å². The molecule has 140 valence electrons. The van der Waals surface area contributed by atoms with E-state index in [2.05, 4.69) is 41.5 Å². The number of hydrogen-bond acceptors (Lipinski definition) is 6. The first kappa shape index (κ1) is 18.8. The summed E-state index contributed by atoms with van der Waals surface area (Å²) in [4.78, 5) is 8.60. The third-order valence-corrected chi connectivity index (χ3v) is 5.41. The van der Waals surface area contributed by atoms with Gasteiger partial charge in [-0.1, -0.05) is 51.8 Å². The van der Waals surface area contributed by atoms with Crippen molar-refractivity contribution in [2.24, 2.45) is 5.10 Å². The van der Waals surface area contributed by atoms with Crippen LogP contribution in [0, 0.1) is 0 Å². The maximum Gasteiger partial charge on any atom is 0.203 e. The van der Waals surface area contributed by atoms with Crippen molar-refractivity contribution in [2.75, 3.05) is 5.43 Å². The minimum atomic E-state index is 0.490. The molecule has 4 aromatic rings. The van der Waals surface area contributed by atoms with Crippen LogP contribution in [0.5, 0.6) is 0 Å². The molecule has 2 heterocycles. The molecule has 0 aliphatic heterocycles. The predicted molar refractivity (Wildman–Crippen MR) is 117 cm³/mol. The number of aromatic nitrogens is 4. The monoisotopic (exact) mass is 472 g/mol. The van der Waals surface area contributed by atoms with E-state index in [0.717, 1.165) is 27.0 Å². The number of benzene rings is 2. The second-order valence-electron chi connectivity index (χ2n) is 5.82. The van der Waals surface area contributed by atoms with Crippen molar-refractivity contribution < 1.29 is 0 Å². The molecule has 2 aromatic carbocycles. The van der Waals surface area contributed by atoms with Gasteiger partial charge in [-0.25, -0.2) is 14.6 Å². The molecule has 0 bridgehead atoms. The second-order valence-corrected chi connectivity index (χ2v) is 8.03. The summed E-state index contributed by atoms with van der Waals surface area (Å²) in [7, 11) is 0. The SMILES string of the molecule is Clc1ccc(-c2csc(N/N=C(/Cn3cncn3)c3ccc(Br)cc3)n2)cc1. The van der Waals surface area contributed by atoms with Gasteiger partial charge in [0.25, 0.3) is 0 Å². The maximum absolute atomic E-state index is 5.95. The lowest BCUT2D eigenvalue weighted by Crippen LogP contribution is -2.14. The largest absolute Gasteiger partial charge is 0.252 e. The van der Waals surface area contributed by atoms with Gasteiger partial charge in [-0.15, -0.1) is 11.3 Å². The molecule has 4 rings (SSSR count). The van der Waals surface area contributed by atoms with E-state index in [1.165, 1.54) is 17.7 Å². The van der Waals surface area contributed by atoms with Crippen molar-refractivity contribution in [1.29, 1.82) is 0 Å². The molecule has 0 aliphatic carbocycles. The molecular weight excluding hydrogens is 460 g/mol. The second kappa shape index (κ2) is 8.64. The van der Waals surface area contributed by atoms with Crippen LogP contribution in [0.15, 0.2) is 76.1 Å². The van der Waals surface area contributed by atoms with Crippen molar-refractivity contribution in [3.8, 4) is 11.3 Å². The molecule has 0 saturated carbocycles. The fraction of sp³-hybridized carbons (Fsp3) is 0.0526. The highest BCUT2D eigenvalue weighted by atomic mass is 79.9. The minimum absolute atomic E-state index is 0.490. The maximum atomic E-state index is 5.95. The molecule has 0 radical (unpaired) electrons. The van der Waals surface area contributed by atoms with E-state index >= 15 is 0 Å². The highest BCUT2D eigenvalue weighted by Crippen LogP contribution is 2.26. The fourth-order valence-electron chi connectivity index (χ4n) is 2.49. The Bertz CT molecular complexity index is 1070. The van der Waals surface area contributed by atoms with Crippen LogP contribution in [0.1, 0.15) is 5.56 Å². The molecule has 1 N–H and O–H groups in total. The number of anilines is 1. The van der Waals surface area contributed by atoms with Crippen LogP contribution in [-0.2, 0) is 6.54 Å². The molecule has 0 aliphatic rings. The van der Waals surface area contributed by atoms with Gasteiger partial charge in [0, 0.05) is 20.4 Å². The van der Waals surface area contributed by atoms with Crippen LogP contribution in [0.4, 0.5) is 5.13 Å². The summed E-state index contributed by atoms with van der Waals surface area (Å²) < 4.78 is 2.74. The average molecular weight is 474 g/mol. The fourth-order valence-corrected chi connectivity index (χ4v) is 3.55. The van der Waals surface area contributed by atoms with Crippen molar-refractivity contribution >= 4 is 49.7 Å². The van der Waals surface area contributed by atoms with E-state index in [0.29, 0.717) is 16.7 Å². The van der Waals surface area contributed by atoms with Crippen molar-refractivity contribution in [1.82, 2.24) is 19.7 Å². The molecule has 28 heavy (non-hydrogen) atoms. The Balaban J connectivity index is 1.56. The number of nitrogens with zero attached hydrogens (tertiary/aromatic N) is 5. The summed E-state index contributed by atoms with van der Waals surface area (Å²) in [6, 6.07) is 15.6. The zero-order valence-electron chi connectivity index (χ0n) is 14.5. The minimum Gasteiger partial charge on any atom is -0.252 e. The van der Waals surface area contributed by atoms with Crippen molar-refractivity contribution in [3.63, 3.8) is 0 Å². The van der Waals surface area contributed by atoms with Crippen molar-refractivity contribution in [2.45, 2.75) is 6.54 Å². The lowest BCUT2D eigenvalue weighted by Gasteiger charge is -2.07. The first-order valence-corrected chi connectivity index (χ1v) is 10.3. The van der Waals surface area contributed by atoms with E-state index in [9.17, 15) is 0 Å². The molecule has 0 unspecified atom stereocenters. The van der Waals surface area contributed by atoms with Gasteiger partial charge in [-0.3, -0.25) is 5.43 Å². The molecule has 6 nitrogen and oxygen atoms in total. The normalized spacial score (nSPS) is 11.6. The topological polar surface area (TPSA) is 68.0 Å². The number of nitrogens with one attached hydrogen (secondary N) is 1. The summed E-state index contributed by atoms with van der Waals surface area (Å²) in [5.74, 6) is 0. The Hall–Kier alpha value is -2.55. The molecule has 9 heteroatoms. The van der Waals surface area contributed by atoms with Crippen LogP contribution in [0.3, 0.4) is 0 Å². The third-order valence-electron chi connectivity index (χ3n) is 3.89. The van der Waals surface area contributed by atoms with Crippen LogP contribution in [0.25, 0.3) is 11.3 Å². The molecular formula is C19H14BrClN6S. The van der Waals surface area contributed by atoms with Crippen LogP contribution in [-0.4, -0.2) is 25.5 Å². The van der Waals surface area contributed by atoms with Gasteiger partial charge in [0.15, 0.2) is 0 Å². The highest BCUT2D eigenvalue weighted by Gasteiger charge is 2.08. The summed E-state index contributed by atoms with van der Waals surface area (Å²) >= 11 is 10.9. The number of hydrazone groups is 1. The van der Waals surface area contributed by atoms with Gasteiger partial charge in [0.1, 0.15) is 12.7 Å². The molecule has 2 aromatic heterocycles. The first-order chi connectivity index (χ1) is 13.7. The number of thiazole rings is 1. The van der Waals surface area contributed by atoms with E-state index in [-0.39, 0.29) is 0 Å². The van der Waals surface area contributed by atoms with Gasteiger partial charge in [-0.2, -0.15) is 10.2 Å². The van der Waals surface area contributed by atoms with E-state index in [4.69, 9.17) is 11.6 Å². The van der Waals surface area contributed by atoms with E-state index < -0.39 is 0 Å². The number of rotatable bonds is 6. The van der Waals surface area contributed by atoms with Crippen LogP contribution < -0.4 is 5.43 Å². The van der Waals surface area contributed by atoms with Crippen molar-refractivity contribution in [3.05, 3.63) is 81.6 Å². The summed E-state index contributed by atoms with van der Waals surface area (Å²) in [6.07, 6.45) is 3.17. The first-order valence-electron chi connectivity index (χ1n) is 8.30. The Morgan fingerprint density at radius 3 is 2.64 bits per heavy atom. The van der Waals surface area contributed by atoms with Gasteiger partial charge in [0.05, 0.1) is 18.0 Å². The predicted octanol–water partition coefficient (Wildman–Crippen LogP) is 5.33. The number of hydrogen-bond donors (Lipinski definition) is 1. The zero-order chi connectivity index (χ0) is 19.3. The van der Waals surface area contributed by atoms with Gasteiger partial charge >= 0.3 is 0 Å². The summed E-state index contributed by atoms with van der Waals surface area (Å²) in [5, 5.41) is 12.1. The van der Waals surface area contributed by atoms with E-state index in [1.807, 2.05) is 53.9 Å². The molecule has 0 fully saturated rings. The Labute approximate surface area is 179 Å². The van der Waals surface area contributed by atoms with Crippen LogP contribution >= 0.6 is 38.9 Å². The summed E-state index contributed by atoms with van der Waals surface area (Å²) in [5.41, 5.74) is 6.76. The Morgan fingerprint density at radius 2 is 1.93 bits per heavy atom. The lowest BCUT2D eigenvalue weighted by molar-refractivity contribution is 0.721. The van der Waals surface area contributed by atoms with Crippen LogP contribution in [0.2, 0.25) is 5.02 Å². The Kier molecular flexibility index (Phi) is 5.80. The lowest BCUT2D eigenvalue weighted by atomic mass is 10.1.